The molecule has 6 heteroatoms. The number of ether oxygens (including phenoxy) is 1. The summed E-state index contributed by atoms with van der Waals surface area (Å²) in [5.41, 5.74) is 0.0958. The summed E-state index contributed by atoms with van der Waals surface area (Å²) >= 11 is 0. The van der Waals surface area contributed by atoms with E-state index in [4.69, 9.17) is 10.00 Å². The molecular formula is C18H28FN3O2. The molecule has 1 N–H and O–H groups in total. The monoisotopic (exact) mass is 337 g/mol. The lowest BCUT2D eigenvalue weighted by atomic mass is 10.2. The van der Waals surface area contributed by atoms with E-state index in [0.29, 0.717) is 5.56 Å². The highest BCUT2D eigenvalue weighted by Crippen LogP contribution is 2.10. The first-order chi connectivity index (χ1) is 11.3. The number of carbonyl (C=O) groups is 1. The summed E-state index contributed by atoms with van der Waals surface area (Å²) < 4.78 is 17.3. The molecule has 0 spiro atoms. The summed E-state index contributed by atoms with van der Waals surface area (Å²) in [6.07, 6.45) is -0.200. The minimum Gasteiger partial charge on any atom is -0.444 e. The molecule has 1 aliphatic rings. The van der Waals surface area contributed by atoms with Gasteiger partial charge in [0.2, 0.25) is 0 Å². The third-order valence-corrected chi connectivity index (χ3v) is 2.74. The molecule has 0 atom stereocenters. The average molecular weight is 337 g/mol. The van der Waals surface area contributed by atoms with Crippen molar-refractivity contribution in [3.63, 3.8) is 0 Å². The summed E-state index contributed by atoms with van der Waals surface area (Å²) in [6.45, 7) is 12.9. The standard InChI is InChI=1S/C9H18N2O2.C7H4FN.C2H6/c1-9(2,3)13-8(12)11-6-4-10-5-7-11;8-7-3-1-6(5-9)2-4-7;1-2/h10H,4-7H2,1-3H3;1-4H;1-2H3. The molecule has 1 fully saturated rings. The molecular weight excluding hydrogens is 309 g/mol. The van der Waals surface area contributed by atoms with Crippen molar-refractivity contribution in [1.29, 1.82) is 5.26 Å². The van der Waals surface area contributed by atoms with E-state index in [0.717, 1.165) is 26.2 Å². The molecule has 2 rings (SSSR count). The van der Waals surface area contributed by atoms with Gasteiger partial charge in [0.1, 0.15) is 11.4 Å². The van der Waals surface area contributed by atoms with Crippen molar-refractivity contribution in [3.8, 4) is 6.07 Å². The van der Waals surface area contributed by atoms with Crippen LogP contribution in [0, 0.1) is 17.1 Å². The van der Waals surface area contributed by atoms with Crippen molar-refractivity contribution in [2.24, 2.45) is 0 Å². The molecule has 1 aliphatic heterocycles. The topological polar surface area (TPSA) is 65.4 Å². The Morgan fingerprint density at radius 3 is 2.12 bits per heavy atom. The Kier molecular flexibility index (Phi) is 10.4. The van der Waals surface area contributed by atoms with Crippen LogP contribution in [-0.4, -0.2) is 42.8 Å². The fourth-order valence-corrected chi connectivity index (χ4v) is 1.70. The van der Waals surface area contributed by atoms with Crippen LogP contribution in [0.15, 0.2) is 24.3 Å². The lowest BCUT2D eigenvalue weighted by Gasteiger charge is -2.30. The molecule has 0 radical (unpaired) electrons. The fraction of sp³-hybridized carbons (Fsp3) is 0.556. The number of piperazine rings is 1. The van der Waals surface area contributed by atoms with Gasteiger partial charge in [-0.1, -0.05) is 13.8 Å². The molecule has 1 saturated heterocycles. The maximum atomic E-state index is 12.1. The number of carbonyl (C=O) groups excluding carboxylic acids is 1. The molecule has 0 saturated carbocycles. The third kappa shape index (κ3) is 9.80. The van der Waals surface area contributed by atoms with Crippen LogP contribution < -0.4 is 5.32 Å². The van der Waals surface area contributed by atoms with E-state index in [1.165, 1.54) is 24.3 Å². The van der Waals surface area contributed by atoms with E-state index in [9.17, 15) is 9.18 Å². The summed E-state index contributed by atoms with van der Waals surface area (Å²) in [6, 6.07) is 7.29. The van der Waals surface area contributed by atoms with Gasteiger partial charge < -0.3 is 15.0 Å². The van der Waals surface area contributed by atoms with Crippen LogP contribution in [0.25, 0.3) is 0 Å². The summed E-state index contributed by atoms with van der Waals surface area (Å²) in [7, 11) is 0. The van der Waals surface area contributed by atoms with E-state index in [1.807, 2.05) is 40.7 Å². The zero-order valence-corrected chi connectivity index (χ0v) is 15.2. The van der Waals surface area contributed by atoms with Crippen LogP contribution in [0.4, 0.5) is 9.18 Å². The lowest BCUT2D eigenvalue weighted by Crippen LogP contribution is -2.48. The maximum Gasteiger partial charge on any atom is 0.410 e. The number of halogens is 1. The zero-order valence-electron chi connectivity index (χ0n) is 15.2. The van der Waals surface area contributed by atoms with Crippen molar-refractivity contribution in [2.45, 2.75) is 40.2 Å². The molecule has 5 nitrogen and oxygen atoms in total. The molecule has 0 aliphatic carbocycles. The first-order valence-corrected chi connectivity index (χ1v) is 8.16. The SMILES string of the molecule is CC.CC(C)(C)OC(=O)N1CCNCC1.N#Cc1ccc(F)cc1. The number of hydrogen-bond donors (Lipinski definition) is 1. The third-order valence-electron chi connectivity index (χ3n) is 2.74. The summed E-state index contributed by atoms with van der Waals surface area (Å²) in [4.78, 5) is 13.2. The minimum absolute atomic E-state index is 0.200. The van der Waals surface area contributed by atoms with Crippen LogP contribution >= 0.6 is 0 Å². The van der Waals surface area contributed by atoms with Gasteiger partial charge in [-0.25, -0.2) is 9.18 Å². The number of hydrogen-bond acceptors (Lipinski definition) is 4. The average Bonchev–Trinajstić information content (AvgIpc) is 2.57. The van der Waals surface area contributed by atoms with E-state index < -0.39 is 0 Å². The van der Waals surface area contributed by atoms with Crippen molar-refractivity contribution in [1.82, 2.24) is 10.2 Å². The number of nitriles is 1. The Balaban J connectivity index is 0.000000420. The van der Waals surface area contributed by atoms with Gasteiger partial charge in [0.05, 0.1) is 11.6 Å². The van der Waals surface area contributed by atoms with Gasteiger partial charge in [-0.05, 0) is 45.0 Å². The zero-order chi connectivity index (χ0) is 18.6. The number of benzene rings is 1. The second-order valence-corrected chi connectivity index (χ2v) is 5.84. The highest BCUT2D eigenvalue weighted by Gasteiger charge is 2.22. The summed E-state index contributed by atoms with van der Waals surface area (Å²) in [5, 5.41) is 11.4. The number of amides is 1. The maximum absolute atomic E-state index is 12.1. The number of nitrogens with zero attached hydrogens (tertiary/aromatic N) is 2. The number of nitrogens with one attached hydrogen (secondary N) is 1. The molecule has 1 aromatic rings. The smallest absolute Gasteiger partial charge is 0.410 e. The molecule has 134 valence electrons. The highest BCUT2D eigenvalue weighted by atomic mass is 19.1. The van der Waals surface area contributed by atoms with Crippen molar-refractivity contribution in [2.75, 3.05) is 26.2 Å². The van der Waals surface area contributed by atoms with Gasteiger partial charge >= 0.3 is 6.09 Å². The largest absolute Gasteiger partial charge is 0.444 e. The van der Waals surface area contributed by atoms with Crippen molar-refractivity contribution in [3.05, 3.63) is 35.6 Å². The van der Waals surface area contributed by atoms with Gasteiger partial charge in [-0.3, -0.25) is 0 Å². The molecule has 0 aromatic heterocycles. The predicted octanol–water partition coefficient (Wildman–Crippen LogP) is 3.55. The summed E-state index contributed by atoms with van der Waals surface area (Å²) in [5.74, 6) is -0.311. The van der Waals surface area contributed by atoms with Crippen LogP contribution in [0.5, 0.6) is 0 Å². The van der Waals surface area contributed by atoms with E-state index in [2.05, 4.69) is 5.32 Å². The highest BCUT2D eigenvalue weighted by molar-refractivity contribution is 5.68. The van der Waals surface area contributed by atoms with Gasteiger partial charge in [0.25, 0.3) is 0 Å². The van der Waals surface area contributed by atoms with E-state index >= 15 is 0 Å². The first-order valence-electron chi connectivity index (χ1n) is 8.16. The van der Waals surface area contributed by atoms with Crippen LogP contribution in [0.2, 0.25) is 0 Å². The van der Waals surface area contributed by atoms with Crippen LogP contribution in [0.1, 0.15) is 40.2 Å². The van der Waals surface area contributed by atoms with Gasteiger partial charge in [-0.2, -0.15) is 5.26 Å². The predicted molar refractivity (Wildman–Crippen MR) is 93.1 cm³/mol. The Bertz CT molecular complexity index is 513. The second kappa shape index (κ2) is 11.4. The van der Waals surface area contributed by atoms with Gasteiger partial charge in [-0.15, -0.1) is 0 Å². The van der Waals surface area contributed by atoms with Gasteiger partial charge in [0, 0.05) is 26.2 Å². The fourth-order valence-electron chi connectivity index (χ4n) is 1.70. The van der Waals surface area contributed by atoms with E-state index in [1.54, 1.807) is 4.90 Å². The van der Waals surface area contributed by atoms with Crippen LogP contribution in [-0.2, 0) is 4.74 Å². The molecule has 24 heavy (non-hydrogen) atoms. The molecule has 0 bridgehead atoms. The molecule has 0 unspecified atom stereocenters. The lowest BCUT2D eigenvalue weighted by molar-refractivity contribution is 0.0229. The van der Waals surface area contributed by atoms with Gasteiger partial charge in [0.15, 0.2) is 0 Å². The molecule has 1 heterocycles. The Morgan fingerprint density at radius 1 is 1.21 bits per heavy atom. The Hall–Kier alpha value is -2.13. The van der Waals surface area contributed by atoms with E-state index in [-0.39, 0.29) is 17.5 Å². The minimum atomic E-state index is -0.387. The first kappa shape index (κ1) is 21.9. The van der Waals surface area contributed by atoms with Crippen molar-refractivity contribution >= 4 is 6.09 Å². The van der Waals surface area contributed by atoms with Crippen LogP contribution in [0.3, 0.4) is 0 Å². The molecule has 1 amide bonds. The second-order valence-electron chi connectivity index (χ2n) is 5.84. The normalized spacial score (nSPS) is 13.5. The Labute approximate surface area is 144 Å². The molecule has 1 aromatic carbocycles. The van der Waals surface area contributed by atoms with Crippen molar-refractivity contribution < 1.29 is 13.9 Å². The quantitative estimate of drug-likeness (QED) is 0.786. The Morgan fingerprint density at radius 2 is 1.71 bits per heavy atom. The number of rotatable bonds is 0.